The molecule has 0 bridgehead atoms. The first-order valence-corrected chi connectivity index (χ1v) is 6.77. The van der Waals surface area contributed by atoms with Gasteiger partial charge in [0.15, 0.2) is 0 Å². The molecule has 0 saturated heterocycles. The Labute approximate surface area is 134 Å². The lowest BCUT2D eigenvalue weighted by Gasteiger charge is -2.07. The molecule has 2 aromatic rings. The second kappa shape index (κ2) is 7.11. The number of hydrogen-bond donors (Lipinski definition) is 2. The normalized spacial score (nSPS) is 11.3. The second-order valence-corrected chi connectivity index (χ2v) is 4.95. The van der Waals surface area contributed by atoms with E-state index in [2.05, 4.69) is 15.6 Å². The topological polar surface area (TPSA) is 97.1 Å². The van der Waals surface area contributed by atoms with Crippen LogP contribution >= 0.6 is 0 Å². The lowest BCUT2D eigenvalue weighted by Crippen LogP contribution is -2.24. The van der Waals surface area contributed by atoms with Crippen LogP contribution in [0.1, 0.15) is 16.8 Å². The summed E-state index contributed by atoms with van der Waals surface area (Å²) in [6, 6.07) is 4.32. The molecule has 0 saturated carbocycles. The van der Waals surface area contributed by atoms with E-state index < -0.39 is 23.6 Å². The third kappa shape index (κ3) is 5.07. The Morgan fingerprint density at radius 2 is 1.88 bits per heavy atom. The number of carbonyl (C=O) groups excluding carboxylic acids is 1. The molecule has 0 unspecified atom stereocenters. The number of aliphatic carboxylic acids is 1. The first-order valence-electron chi connectivity index (χ1n) is 6.77. The van der Waals surface area contributed by atoms with Gasteiger partial charge < -0.3 is 10.4 Å². The summed E-state index contributed by atoms with van der Waals surface area (Å²) in [5, 5.41) is 18.4. The lowest BCUT2D eigenvalue weighted by atomic mass is 10.1. The highest BCUT2D eigenvalue weighted by Crippen LogP contribution is 2.29. The summed E-state index contributed by atoms with van der Waals surface area (Å²) >= 11 is 0. The van der Waals surface area contributed by atoms with Crippen LogP contribution in [0.25, 0.3) is 0 Å². The van der Waals surface area contributed by atoms with Crippen molar-refractivity contribution < 1.29 is 27.9 Å². The van der Waals surface area contributed by atoms with Crippen LogP contribution in [0, 0.1) is 0 Å². The zero-order valence-corrected chi connectivity index (χ0v) is 12.2. The molecule has 1 amide bonds. The van der Waals surface area contributed by atoms with Crippen molar-refractivity contribution in [2.75, 3.05) is 0 Å². The number of halogens is 3. The Morgan fingerprint density at radius 3 is 2.46 bits per heavy atom. The van der Waals surface area contributed by atoms with Gasteiger partial charge in [-0.1, -0.05) is 17.3 Å². The zero-order chi connectivity index (χ0) is 17.7. The summed E-state index contributed by atoms with van der Waals surface area (Å²) in [5.41, 5.74) is 0.0359. The molecular formula is C14H13F3N4O3. The van der Waals surface area contributed by atoms with Crippen LogP contribution in [0.5, 0.6) is 0 Å². The maximum absolute atomic E-state index is 12.4. The number of benzene rings is 1. The first-order chi connectivity index (χ1) is 11.2. The van der Waals surface area contributed by atoms with Crippen LogP contribution in [-0.2, 0) is 35.3 Å². The number of alkyl halides is 3. The number of rotatable bonds is 6. The predicted octanol–water partition coefficient (Wildman–Crippen LogP) is 1.24. The number of aromatic nitrogens is 3. The fraction of sp³-hybridized carbons (Fsp3) is 0.286. The average molecular weight is 342 g/mol. The van der Waals surface area contributed by atoms with E-state index in [0.29, 0.717) is 11.3 Å². The number of carboxylic acid groups (broad SMARTS) is 1. The third-order valence-electron chi connectivity index (χ3n) is 3.00. The molecule has 10 heteroatoms. The molecule has 2 rings (SSSR count). The Morgan fingerprint density at radius 1 is 1.21 bits per heavy atom. The lowest BCUT2D eigenvalue weighted by molar-refractivity contribution is -0.138. The Hall–Kier alpha value is -2.91. The van der Waals surface area contributed by atoms with Crippen LogP contribution in [0.15, 0.2) is 30.5 Å². The van der Waals surface area contributed by atoms with E-state index in [1.54, 1.807) is 0 Å². The highest BCUT2D eigenvalue weighted by atomic mass is 19.4. The van der Waals surface area contributed by atoms with Gasteiger partial charge in [-0.25, -0.2) is 4.68 Å². The van der Waals surface area contributed by atoms with E-state index >= 15 is 0 Å². The van der Waals surface area contributed by atoms with Crippen molar-refractivity contribution in [3.05, 3.63) is 47.3 Å². The van der Waals surface area contributed by atoms with E-state index in [1.807, 2.05) is 0 Å². The highest BCUT2D eigenvalue weighted by molar-refractivity contribution is 5.78. The number of nitrogens with one attached hydrogen (secondary N) is 1. The van der Waals surface area contributed by atoms with Crippen LogP contribution in [0.3, 0.4) is 0 Å². The minimum atomic E-state index is -4.41. The molecule has 24 heavy (non-hydrogen) atoms. The fourth-order valence-electron chi connectivity index (χ4n) is 1.88. The SMILES string of the molecule is O=C(O)Cn1cc(CNC(=O)Cc2ccc(C(F)(F)F)cc2)nn1. The van der Waals surface area contributed by atoms with Crippen molar-refractivity contribution in [3.63, 3.8) is 0 Å². The molecule has 2 N–H and O–H groups in total. The van der Waals surface area contributed by atoms with Crippen LogP contribution in [0.2, 0.25) is 0 Å². The molecule has 0 spiro atoms. The van der Waals surface area contributed by atoms with Crippen LogP contribution in [0.4, 0.5) is 13.2 Å². The highest BCUT2D eigenvalue weighted by Gasteiger charge is 2.29. The molecule has 0 aliphatic heterocycles. The Kier molecular flexibility index (Phi) is 5.17. The maximum atomic E-state index is 12.4. The first kappa shape index (κ1) is 17.4. The van der Waals surface area contributed by atoms with Gasteiger partial charge in [-0.2, -0.15) is 13.2 Å². The molecule has 1 aromatic heterocycles. The van der Waals surface area contributed by atoms with E-state index in [4.69, 9.17) is 5.11 Å². The fourth-order valence-corrected chi connectivity index (χ4v) is 1.88. The predicted molar refractivity (Wildman–Crippen MR) is 74.7 cm³/mol. The standard InChI is InChI=1S/C14H13F3N4O3/c15-14(16,17)10-3-1-9(2-4-10)5-12(22)18-6-11-7-21(20-19-11)8-13(23)24/h1-4,7H,5-6,8H2,(H,18,22)(H,23,24). The summed E-state index contributed by atoms with van der Waals surface area (Å²) in [6.45, 7) is -0.300. The minimum Gasteiger partial charge on any atom is -0.480 e. The van der Waals surface area contributed by atoms with Crippen molar-refractivity contribution in [1.29, 1.82) is 0 Å². The molecule has 0 aliphatic rings. The van der Waals surface area contributed by atoms with Gasteiger partial charge in [0.1, 0.15) is 12.2 Å². The van der Waals surface area contributed by atoms with Gasteiger partial charge in [0.05, 0.1) is 24.7 Å². The number of carboxylic acids is 1. The monoisotopic (exact) mass is 342 g/mol. The van der Waals surface area contributed by atoms with Gasteiger partial charge in [-0.05, 0) is 17.7 Å². The van der Waals surface area contributed by atoms with Crippen molar-refractivity contribution in [2.45, 2.75) is 25.7 Å². The number of nitrogens with zero attached hydrogens (tertiary/aromatic N) is 3. The summed E-state index contributed by atoms with van der Waals surface area (Å²) in [6.07, 6.45) is -3.11. The summed E-state index contributed by atoms with van der Waals surface area (Å²) in [5.74, 6) is -1.47. The summed E-state index contributed by atoms with van der Waals surface area (Å²) in [4.78, 5) is 22.3. The van der Waals surface area contributed by atoms with E-state index in [1.165, 1.54) is 18.3 Å². The van der Waals surface area contributed by atoms with Gasteiger partial charge in [-0.3, -0.25) is 9.59 Å². The largest absolute Gasteiger partial charge is 0.480 e. The quantitative estimate of drug-likeness (QED) is 0.823. The van der Waals surface area contributed by atoms with Gasteiger partial charge in [0.2, 0.25) is 5.91 Å². The molecule has 1 heterocycles. The average Bonchev–Trinajstić information content (AvgIpc) is 2.91. The third-order valence-corrected chi connectivity index (χ3v) is 3.00. The van der Waals surface area contributed by atoms with Crippen LogP contribution < -0.4 is 5.32 Å². The Balaban J connectivity index is 1.85. The van der Waals surface area contributed by atoms with Crippen LogP contribution in [-0.4, -0.2) is 32.0 Å². The molecule has 0 radical (unpaired) electrons. The molecule has 0 atom stereocenters. The second-order valence-electron chi connectivity index (χ2n) is 4.95. The molecule has 128 valence electrons. The zero-order valence-electron chi connectivity index (χ0n) is 12.2. The number of amides is 1. The molecule has 0 fully saturated rings. The van der Waals surface area contributed by atoms with Gasteiger partial charge >= 0.3 is 12.1 Å². The van der Waals surface area contributed by atoms with Gasteiger partial charge in [0, 0.05) is 0 Å². The van der Waals surface area contributed by atoms with E-state index in [0.717, 1.165) is 16.8 Å². The van der Waals surface area contributed by atoms with Gasteiger partial charge in [0.25, 0.3) is 0 Å². The van der Waals surface area contributed by atoms with Crippen molar-refractivity contribution in [1.82, 2.24) is 20.3 Å². The van der Waals surface area contributed by atoms with E-state index in [9.17, 15) is 22.8 Å². The van der Waals surface area contributed by atoms with Crippen molar-refractivity contribution >= 4 is 11.9 Å². The van der Waals surface area contributed by atoms with Gasteiger partial charge in [-0.15, -0.1) is 5.10 Å². The van der Waals surface area contributed by atoms with E-state index in [-0.39, 0.29) is 19.5 Å². The minimum absolute atomic E-state index is 0.0408. The molecule has 0 aliphatic carbocycles. The Bertz CT molecular complexity index is 726. The number of carbonyl (C=O) groups is 2. The maximum Gasteiger partial charge on any atom is 0.416 e. The number of hydrogen-bond acceptors (Lipinski definition) is 4. The summed E-state index contributed by atoms with van der Waals surface area (Å²) < 4.78 is 38.4. The molecule has 7 nitrogen and oxygen atoms in total. The summed E-state index contributed by atoms with van der Waals surface area (Å²) in [7, 11) is 0. The van der Waals surface area contributed by atoms with Crippen molar-refractivity contribution in [3.8, 4) is 0 Å². The molecular weight excluding hydrogens is 329 g/mol. The molecule has 1 aromatic carbocycles. The van der Waals surface area contributed by atoms with Crippen molar-refractivity contribution in [2.24, 2.45) is 0 Å². The smallest absolute Gasteiger partial charge is 0.416 e.